The predicted molar refractivity (Wildman–Crippen MR) is 20.8 cm³/mol. The molecule has 0 aromatic rings. The first kappa shape index (κ1) is 9.75. The van der Waals surface area contributed by atoms with Crippen molar-refractivity contribution in [2.45, 2.75) is 6.92 Å². The van der Waals surface area contributed by atoms with Crippen molar-refractivity contribution >= 4 is 18.9 Å². The average Bonchev–Trinajstić information content (AvgIpc) is 1.38. The van der Waals surface area contributed by atoms with Crippen LogP contribution in [0.5, 0.6) is 0 Å². The molecule has 0 aliphatic carbocycles. The summed E-state index contributed by atoms with van der Waals surface area (Å²) in [6.45, 7) is 1.28. The molecule has 4 heteroatoms. The Kier molecular flexibility index (Phi) is 9.04. The smallest absolute Gasteiger partial charge is 0.314 e. The molecule has 41 valence electrons. The standard InChI is InChI=1S/C2H4O2S.Ag/c1-2(3)4-5;/h5H,1H3;. The molecule has 0 N–H and O–H groups in total. The van der Waals surface area contributed by atoms with Crippen LogP contribution in [0.4, 0.5) is 0 Å². The number of carbonyl (C=O) groups excluding carboxylic acids is 1. The maximum absolute atomic E-state index is 9.51. The maximum Gasteiger partial charge on any atom is 0.314 e. The third-order valence-corrected chi connectivity index (χ3v) is 0.386. The summed E-state index contributed by atoms with van der Waals surface area (Å²) in [7, 11) is 0. The number of hydrogen-bond acceptors (Lipinski definition) is 3. The van der Waals surface area contributed by atoms with Gasteiger partial charge in [-0.05, 0) is 0 Å². The Balaban J connectivity index is 0. The second-order valence-electron chi connectivity index (χ2n) is 0.583. The fourth-order valence-electron chi connectivity index (χ4n) is 0. The van der Waals surface area contributed by atoms with Crippen LogP contribution >= 0.6 is 12.9 Å². The molecule has 0 saturated heterocycles. The molecule has 0 aromatic carbocycles. The Morgan fingerprint density at radius 3 is 2.00 bits per heavy atom. The Morgan fingerprint density at radius 2 is 2.00 bits per heavy atom. The van der Waals surface area contributed by atoms with Gasteiger partial charge in [0, 0.05) is 42.2 Å². The molecule has 6 heavy (non-hydrogen) atoms. The molecule has 1 radical (unpaired) electrons. The quantitative estimate of drug-likeness (QED) is 0.347. The molecule has 0 spiro atoms. The first-order valence-electron chi connectivity index (χ1n) is 1.09. The van der Waals surface area contributed by atoms with E-state index in [1.807, 2.05) is 0 Å². The molecule has 0 aliphatic heterocycles. The summed E-state index contributed by atoms with van der Waals surface area (Å²) in [5.74, 6) is -0.381. The number of hydrogen-bond donors (Lipinski definition) is 1. The molecule has 2 nitrogen and oxygen atoms in total. The van der Waals surface area contributed by atoms with E-state index in [9.17, 15) is 4.79 Å². The van der Waals surface area contributed by atoms with Crippen LogP contribution in [0.25, 0.3) is 0 Å². The van der Waals surface area contributed by atoms with Crippen LogP contribution in [0.15, 0.2) is 0 Å². The van der Waals surface area contributed by atoms with E-state index in [1.54, 1.807) is 0 Å². The molecule has 0 aliphatic rings. The van der Waals surface area contributed by atoms with Gasteiger partial charge in [-0.25, -0.2) is 0 Å². The SMILES string of the molecule is CC(=O)OS.[Ag]. The molecule has 0 fully saturated rings. The maximum atomic E-state index is 9.51. The van der Waals surface area contributed by atoms with E-state index in [4.69, 9.17) is 0 Å². The topological polar surface area (TPSA) is 26.3 Å². The largest absolute Gasteiger partial charge is 0.395 e. The second-order valence-corrected chi connectivity index (χ2v) is 0.765. The van der Waals surface area contributed by atoms with Gasteiger partial charge < -0.3 is 4.18 Å². The first-order valence-corrected chi connectivity index (χ1v) is 1.46. The molecular formula is C2H4AgO2S. The summed E-state index contributed by atoms with van der Waals surface area (Å²) in [5.41, 5.74) is 0. The minimum atomic E-state index is -0.381. The minimum absolute atomic E-state index is 0. The van der Waals surface area contributed by atoms with Gasteiger partial charge in [0.1, 0.15) is 0 Å². The van der Waals surface area contributed by atoms with E-state index >= 15 is 0 Å². The normalized spacial score (nSPS) is 5.67. The summed E-state index contributed by atoms with van der Waals surface area (Å²) >= 11 is 3.17. The Labute approximate surface area is 57.4 Å². The molecule has 0 heterocycles. The Hall–Kier alpha value is 0.560. The molecule has 0 rings (SSSR count). The van der Waals surface area contributed by atoms with E-state index < -0.39 is 0 Å². The van der Waals surface area contributed by atoms with Gasteiger partial charge in [0.2, 0.25) is 0 Å². The van der Waals surface area contributed by atoms with E-state index in [1.165, 1.54) is 6.92 Å². The average molecular weight is 200 g/mol. The molecular weight excluding hydrogens is 196 g/mol. The van der Waals surface area contributed by atoms with Crippen molar-refractivity contribution in [1.29, 1.82) is 0 Å². The molecule has 0 atom stereocenters. The van der Waals surface area contributed by atoms with Gasteiger partial charge in [-0.3, -0.25) is 4.79 Å². The summed E-state index contributed by atoms with van der Waals surface area (Å²) in [5, 5.41) is 0. The summed E-state index contributed by atoms with van der Waals surface area (Å²) in [4.78, 5) is 9.51. The molecule has 0 unspecified atom stereocenters. The fourth-order valence-corrected chi connectivity index (χ4v) is 0. The van der Waals surface area contributed by atoms with Crippen molar-refractivity contribution in [3.8, 4) is 0 Å². The van der Waals surface area contributed by atoms with Crippen LogP contribution in [-0.2, 0) is 31.4 Å². The van der Waals surface area contributed by atoms with Crippen LogP contribution in [0, 0.1) is 0 Å². The van der Waals surface area contributed by atoms with Crippen molar-refractivity contribution in [2.24, 2.45) is 0 Å². The van der Waals surface area contributed by atoms with Gasteiger partial charge in [0.25, 0.3) is 0 Å². The summed E-state index contributed by atoms with van der Waals surface area (Å²) in [6, 6.07) is 0. The Morgan fingerprint density at radius 1 is 1.83 bits per heavy atom. The zero-order valence-corrected chi connectivity index (χ0v) is 5.44. The zero-order valence-electron chi connectivity index (χ0n) is 3.07. The number of carbonyl (C=O) groups is 1. The van der Waals surface area contributed by atoms with Crippen LogP contribution in [-0.4, -0.2) is 5.97 Å². The van der Waals surface area contributed by atoms with Crippen LogP contribution in [0.3, 0.4) is 0 Å². The third-order valence-electron chi connectivity index (χ3n) is 0.129. The van der Waals surface area contributed by atoms with Crippen molar-refractivity contribution in [2.75, 3.05) is 0 Å². The van der Waals surface area contributed by atoms with Crippen LogP contribution in [0.1, 0.15) is 6.92 Å². The number of thiol groups is 1. The second kappa shape index (κ2) is 5.56. The number of rotatable bonds is 0. The van der Waals surface area contributed by atoms with E-state index in [0.717, 1.165) is 0 Å². The molecule has 0 amide bonds. The molecule has 0 aromatic heterocycles. The monoisotopic (exact) mass is 199 g/mol. The van der Waals surface area contributed by atoms with Gasteiger partial charge in [-0.2, -0.15) is 0 Å². The predicted octanol–water partition coefficient (Wildman–Crippen LogP) is 0.392. The minimum Gasteiger partial charge on any atom is -0.395 e. The van der Waals surface area contributed by atoms with Crippen molar-refractivity contribution < 1.29 is 31.4 Å². The van der Waals surface area contributed by atoms with Crippen molar-refractivity contribution in [3.05, 3.63) is 0 Å². The fraction of sp³-hybridized carbons (Fsp3) is 0.500. The Bertz CT molecular complexity index is 46.8. The van der Waals surface area contributed by atoms with E-state index in [-0.39, 0.29) is 28.3 Å². The van der Waals surface area contributed by atoms with Gasteiger partial charge in [-0.1, -0.05) is 0 Å². The first-order chi connectivity index (χ1) is 2.27. The zero-order chi connectivity index (χ0) is 4.28. The molecule has 0 bridgehead atoms. The third kappa shape index (κ3) is 8.82. The summed E-state index contributed by atoms with van der Waals surface area (Å²) in [6.07, 6.45) is 0. The summed E-state index contributed by atoms with van der Waals surface area (Å²) < 4.78 is 3.81. The van der Waals surface area contributed by atoms with Crippen molar-refractivity contribution in [3.63, 3.8) is 0 Å². The van der Waals surface area contributed by atoms with Gasteiger partial charge >= 0.3 is 5.97 Å². The van der Waals surface area contributed by atoms with Gasteiger partial charge in [-0.15, -0.1) is 0 Å². The van der Waals surface area contributed by atoms with Gasteiger partial charge in [0.15, 0.2) is 0 Å². The van der Waals surface area contributed by atoms with E-state index in [0.29, 0.717) is 0 Å². The van der Waals surface area contributed by atoms with E-state index in [2.05, 4.69) is 17.1 Å². The van der Waals surface area contributed by atoms with Crippen molar-refractivity contribution in [1.82, 2.24) is 0 Å². The van der Waals surface area contributed by atoms with Gasteiger partial charge in [0.05, 0.1) is 0 Å². The van der Waals surface area contributed by atoms with Crippen LogP contribution < -0.4 is 0 Å². The molecule has 0 saturated carbocycles. The van der Waals surface area contributed by atoms with Crippen LogP contribution in [0.2, 0.25) is 0 Å².